The lowest BCUT2D eigenvalue weighted by atomic mass is 9.82. The monoisotopic (exact) mass is 554 g/mol. The van der Waals surface area contributed by atoms with Gasteiger partial charge in [0.15, 0.2) is 5.78 Å². The van der Waals surface area contributed by atoms with Gasteiger partial charge < -0.3 is 9.53 Å². The number of nitrogens with zero attached hydrogens (tertiary/aromatic N) is 3. The number of benzene rings is 1. The number of ketones is 1. The van der Waals surface area contributed by atoms with E-state index in [2.05, 4.69) is 20.1 Å². The van der Waals surface area contributed by atoms with Crippen molar-refractivity contribution in [2.75, 3.05) is 31.5 Å². The molecule has 0 bridgehead atoms. The van der Waals surface area contributed by atoms with Crippen molar-refractivity contribution < 1.29 is 19.1 Å². The van der Waals surface area contributed by atoms with Crippen LogP contribution in [0.2, 0.25) is 5.02 Å². The third-order valence-electron chi connectivity index (χ3n) is 7.69. The Labute approximate surface area is 236 Å². The number of ether oxygens (including phenoxy) is 1. The number of carbonyl (C=O) groups is 3. The molecule has 2 fully saturated rings. The fraction of sp³-hybridized carbons (Fsp3) is 0.533. The molecule has 9 heteroatoms. The molecule has 0 saturated carbocycles. The molecule has 0 spiro atoms. The van der Waals surface area contributed by atoms with Gasteiger partial charge in [0.05, 0.1) is 5.54 Å². The minimum Gasteiger partial charge on any atom is -0.444 e. The van der Waals surface area contributed by atoms with Gasteiger partial charge in [-0.05, 0) is 107 Å². The highest BCUT2D eigenvalue weighted by atomic mass is 35.5. The minimum atomic E-state index is -0.579. The van der Waals surface area contributed by atoms with E-state index in [1.807, 2.05) is 32.9 Å². The molecule has 1 aromatic heterocycles. The molecule has 2 saturated heterocycles. The molecule has 2 aliphatic rings. The zero-order valence-corrected chi connectivity index (χ0v) is 23.9. The van der Waals surface area contributed by atoms with Gasteiger partial charge in [-0.15, -0.1) is 0 Å². The molecule has 0 radical (unpaired) electrons. The number of piperidine rings is 2. The van der Waals surface area contributed by atoms with Crippen molar-refractivity contribution >= 4 is 35.6 Å². The molecule has 1 aromatic carbocycles. The van der Waals surface area contributed by atoms with Crippen LogP contribution in [0.15, 0.2) is 42.6 Å². The van der Waals surface area contributed by atoms with E-state index >= 15 is 0 Å². The Morgan fingerprint density at radius 1 is 1.10 bits per heavy atom. The summed E-state index contributed by atoms with van der Waals surface area (Å²) < 4.78 is 5.31. The summed E-state index contributed by atoms with van der Waals surface area (Å²) in [5.74, 6) is 0.950. The molecule has 0 aliphatic carbocycles. The zero-order valence-electron chi connectivity index (χ0n) is 23.1. The number of carbonyl (C=O) groups excluding carboxylic acids is 3. The first kappa shape index (κ1) is 29.2. The number of amides is 1. The molecule has 3 heterocycles. The van der Waals surface area contributed by atoms with Crippen molar-refractivity contribution in [2.45, 2.75) is 70.6 Å². The summed E-state index contributed by atoms with van der Waals surface area (Å²) >= 11 is 5.95. The van der Waals surface area contributed by atoms with Crippen LogP contribution in [0.1, 0.15) is 68.8 Å². The number of pyridine rings is 1. The van der Waals surface area contributed by atoms with Crippen molar-refractivity contribution in [1.29, 1.82) is 0 Å². The second kappa shape index (κ2) is 12.6. The Balaban J connectivity index is 1.26. The standard InChI is InChI=1S/C30H39ClN4O4/c1-29(2,3)39-28(38)33-27-19-23(8-13-32-27)20-34-16-11-30(21-36,12-17-34)35-14-9-22(10-15-35)18-26(37)24-4-6-25(31)7-5-24/h4-8,13,19,21-22H,9-12,14-18,20H2,1-3H3,(H,32,33,38). The second-order valence-corrected chi connectivity index (χ2v) is 12.2. The van der Waals surface area contributed by atoms with Crippen LogP contribution in [-0.4, -0.2) is 70.3 Å². The molecule has 8 nitrogen and oxygen atoms in total. The van der Waals surface area contributed by atoms with Crippen LogP contribution in [0.4, 0.5) is 10.6 Å². The van der Waals surface area contributed by atoms with Crippen molar-refractivity contribution in [3.05, 3.63) is 58.7 Å². The van der Waals surface area contributed by atoms with Gasteiger partial charge in [-0.1, -0.05) is 11.6 Å². The smallest absolute Gasteiger partial charge is 0.413 e. The Morgan fingerprint density at radius 3 is 2.38 bits per heavy atom. The second-order valence-electron chi connectivity index (χ2n) is 11.7. The van der Waals surface area contributed by atoms with Crippen LogP contribution in [0, 0.1) is 5.92 Å². The highest BCUT2D eigenvalue weighted by molar-refractivity contribution is 6.30. The van der Waals surface area contributed by atoms with Crippen LogP contribution in [-0.2, 0) is 16.1 Å². The van der Waals surface area contributed by atoms with Crippen molar-refractivity contribution in [3.63, 3.8) is 0 Å². The maximum Gasteiger partial charge on any atom is 0.413 e. The molecule has 1 N–H and O–H groups in total. The number of hydrogen-bond donors (Lipinski definition) is 1. The van der Waals surface area contributed by atoms with Gasteiger partial charge in [-0.25, -0.2) is 9.78 Å². The zero-order chi connectivity index (χ0) is 28.0. The lowest BCUT2D eigenvalue weighted by Crippen LogP contribution is -2.58. The number of hydrogen-bond acceptors (Lipinski definition) is 7. The summed E-state index contributed by atoms with van der Waals surface area (Å²) in [7, 11) is 0. The molecule has 210 valence electrons. The molecule has 1 amide bonds. The summed E-state index contributed by atoms with van der Waals surface area (Å²) in [6.07, 6.45) is 6.24. The van der Waals surface area contributed by atoms with E-state index in [-0.39, 0.29) is 5.78 Å². The molecular formula is C30H39ClN4O4. The maximum atomic E-state index is 12.7. The van der Waals surface area contributed by atoms with Gasteiger partial charge >= 0.3 is 6.09 Å². The molecule has 2 aromatic rings. The van der Waals surface area contributed by atoms with E-state index in [1.165, 1.54) is 0 Å². The normalized spacial score (nSPS) is 18.9. The SMILES string of the molecule is CC(C)(C)OC(=O)Nc1cc(CN2CCC(C=O)(N3CCC(CC(=O)c4ccc(Cl)cc4)CC3)CC2)ccn1. The highest BCUT2D eigenvalue weighted by Gasteiger charge is 2.41. The minimum absolute atomic E-state index is 0.157. The van der Waals surface area contributed by atoms with E-state index in [9.17, 15) is 14.4 Å². The molecule has 4 rings (SSSR count). The first-order valence-electron chi connectivity index (χ1n) is 13.7. The maximum absolute atomic E-state index is 12.7. The fourth-order valence-corrected chi connectivity index (χ4v) is 5.64. The van der Waals surface area contributed by atoms with Gasteiger partial charge in [-0.3, -0.25) is 19.9 Å². The average molecular weight is 555 g/mol. The van der Waals surface area contributed by atoms with Crippen molar-refractivity contribution in [3.8, 4) is 0 Å². The molecular weight excluding hydrogens is 516 g/mol. The number of halogens is 1. The topological polar surface area (TPSA) is 91.8 Å². The molecule has 39 heavy (non-hydrogen) atoms. The number of rotatable bonds is 8. The number of Topliss-reactive ketones (excluding diaryl/α,β-unsaturated/α-hetero) is 1. The van der Waals surface area contributed by atoms with E-state index in [1.54, 1.807) is 30.5 Å². The van der Waals surface area contributed by atoms with Crippen LogP contribution in [0.5, 0.6) is 0 Å². The van der Waals surface area contributed by atoms with E-state index < -0.39 is 17.2 Å². The first-order valence-corrected chi connectivity index (χ1v) is 14.1. The quantitative estimate of drug-likeness (QED) is 0.335. The third-order valence-corrected chi connectivity index (χ3v) is 7.94. The van der Waals surface area contributed by atoms with Crippen molar-refractivity contribution in [2.24, 2.45) is 5.92 Å². The van der Waals surface area contributed by atoms with Gasteiger partial charge in [0, 0.05) is 42.8 Å². The number of nitrogens with one attached hydrogen (secondary N) is 1. The highest BCUT2D eigenvalue weighted by Crippen LogP contribution is 2.33. The molecule has 2 aliphatic heterocycles. The summed E-state index contributed by atoms with van der Waals surface area (Å²) in [4.78, 5) is 46.1. The van der Waals surface area contributed by atoms with Crippen LogP contribution in [0.25, 0.3) is 0 Å². The van der Waals surface area contributed by atoms with Gasteiger partial charge in [0.2, 0.25) is 0 Å². The van der Waals surface area contributed by atoms with Crippen LogP contribution < -0.4 is 5.32 Å². The molecule has 0 unspecified atom stereocenters. The summed E-state index contributed by atoms with van der Waals surface area (Å²) in [6, 6.07) is 10.9. The van der Waals surface area contributed by atoms with E-state index in [0.717, 1.165) is 70.3 Å². The van der Waals surface area contributed by atoms with Crippen molar-refractivity contribution in [1.82, 2.24) is 14.8 Å². The van der Waals surface area contributed by atoms with E-state index in [4.69, 9.17) is 16.3 Å². The largest absolute Gasteiger partial charge is 0.444 e. The average Bonchev–Trinajstić information content (AvgIpc) is 2.89. The van der Waals surface area contributed by atoms with Crippen LogP contribution >= 0.6 is 11.6 Å². The number of aldehydes is 1. The molecule has 0 atom stereocenters. The number of likely N-dealkylation sites (tertiary alicyclic amines) is 2. The summed E-state index contributed by atoms with van der Waals surface area (Å²) in [5.41, 5.74) is 0.731. The number of anilines is 1. The lowest BCUT2D eigenvalue weighted by Gasteiger charge is -2.48. The Morgan fingerprint density at radius 2 is 1.77 bits per heavy atom. The lowest BCUT2D eigenvalue weighted by molar-refractivity contribution is -0.123. The summed E-state index contributed by atoms with van der Waals surface area (Å²) in [6.45, 7) is 9.46. The van der Waals surface area contributed by atoms with Gasteiger partial charge in [-0.2, -0.15) is 0 Å². The van der Waals surface area contributed by atoms with Gasteiger partial charge in [0.1, 0.15) is 17.7 Å². The third kappa shape index (κ3) is 8.10. The van der Waals surface area contributed by atoms with Gasteiger partial charge in [0.25, 0.3) is 0 Å². The number of aromatic nitrogens is 1. The predicted molar refractivity (Wildman–Crippen MR) is 152 cm³/mol. The fourth-order valence-electron chi connectivity index (χ4n) is 5.51. The van der Waals surface area contributed by atoms with E-state index in [0.29, 0.717) is 28.7 Å². The Hall–Kier alpha value is -2.81. The first-order chi connectivity index (χ1) is 18.5. The Kier molecular flexibility index (Phi) is 9.41. The predicted octanol–water partition coefficient (Wildman–Crippen LogP) is 5.60. The van der Waals surface area contributed by atoms with Crippen LogP contribution in [0.3, 0.4) is 0 Å². The Bertz CT molecular complexity index is 1150. The summed E-state index contributed by atoms with van der Waals surface area (Å²) in [5, 5.41) is 3.33.